The molecule has 0 saturated heterocycles. The topological polar surface area (TPSA) is 49.7 Å². The minimum atomic E-state index is -2.78. The van der Waals surface area contributed by atoms with E-state index in [2.05, 4.69) is 4.74 Å². The molecule has 2 N–H and O–H groups in total. The van der Waals surface area contributed by atoms with Gasteiger partial charge in [-0.2, -0.15) is 0 Å². The lowest BCUT2D eigenvalue weighted by Crippen LogP contribution is -2.32. The standard InChI is InChI=1S/C7H8BFO3/c1-12-6-4-2-3-5(7(6)9)8(10)11/h2-4,10-11H,1H3/i1D3. The molecule has 0 spiro atoms. The molecule has 0 fully saturated rings. The van der Waals surface area contributed by atoms with Crippen molar-refractivity contribution in [3.63, 3.8) is 0 Å². The van der Waals surface area contributed by atoms with Gasteiger partial charge >= 0.3 is 7.12 Å². The first kappa shape index (κ1) is 5.56. The SMILES string of the molecule is [2H]C([2H])([2H])Oc1cccc(B(O)O)c1F. The van der Waals surface area contributed by atoms with Crippen LogP contribution in [0.5, 0.6) is 5.75 Å². The summed E-state index contributed by atoms with van der Waals surface area (Å²) in [7, 11) is -4.79. The van der Waals surface area contributed by atoms with Crippen LogP contribution in [0.3, 0.4) is 0 Å². The second kappa shape index (κ2) is 3.56. The van der Waals surface area contributed by atoms with Gasteiger partial charge in [-0.25, -0.2) is 4.39 Å². The molecular formula is C7H8BFO3. The van der Waals surface area contributed by atoms with E-state index in [0.29, 0.717) is 0 Å². The minimum absolute atomic E-state index is 0.434. The van der Waals surface area contributed by atoms with Crippen LogP contribution in [0.25, 0.3) is 0 Å². The number of benzene rings is 1. The highest BCUT2D eigenvalue weighted by Gasteiger charge is 2.18. The van der Waals surface area contributed by atoms with Gasteiger partial charge in [-0.1, -0.05) is 12.1 Å². The Labute approximate surface area is 73.8 Å². The van der Waals surface area contributed by atoms with Gasteiger partial charge in [0.15, 0.2) is 11.6 Å². The van der Waals surface area contributed by atoms with Crippen molar-refractivity contribution in [2.75, 3.05) is 7.04 Å². The third-order valence-electron chi connectivity index (χ3n) is 1.38. The third kappa shape index (κ3) is 1.57. The number of halogens is 1. The Kier molecular flexibility index (Phi) is 1.65. The maximum atomic E-state index is 13.4. The van der Waals surface area contributed by atoms with Crippen molar-refractivity contribution in [3.05, 3.63) is 24.0 Å². The molecule has 0 aliphatic rings. The largest absolute Gasteiger partial charge is 0.494 e. The number of methoxy groups -OCH3 is 1. The van der Waals surface area contributed by atoms with Crippen LogP contribution in [-0.4, -0.2) is 24.2 Å². The summed E-state index contributed by atoms with van der Waals surface area (Å²) < 4.78 is 38.0. The van der Waals surface area contributed by atoms with Crippen LogP contribution in [0.2, 0.25) is 0 Å². The predicted molar refractivity (Wildman–Crippen MR) is 42.8 cm³/mol. The van der Waals surface area contributed by atoms with E-state index < -0.39 is 31.2 Å². The van der Waals surface area contributed by atoms with E-state index >= 15 is 0 Å². The van der Waals surface area contributed by atoms with Crippen LogP contribution in [0, 0.1) is 5.82 Å². The summed E-state index contributed by atoms with van der Waals surface area (Å²) in [6.45, 7) is 0. The van der Waals surface area contributed by atoms with Gasteiger partial charge in [0.1, 0.15) is 0 Å². The van der Waals surface area contributed by atoms with E-state index in [4.69, 9.17) is 14.2 Å². The van der Waals surface area contributed by atoms with Crippen LogP contribution >= 0.6 is 0 Å². The molecule has 0 saturated carbocycles. The first-order valence-electron chi connectivity index (χ1n) is 4.65. The van der Waals surface area contributed by atoms with Crippen LogP contribution in [-0.2, 0) is 0 Å². The molecule has 0 radical (unpaired) electrons. The molecule has 0 aromatic heterocycles. The lowest BCUT2D eigenvalue weighted by atomic mass is 9.80. The summed E-state index contributed by atoms with van der Waals surface area (Å²) in [5.74, 6) is -1.63. The van der Waals surface area contributed by atoms with Gasteiger partial charge in [-0.05, 0) is 6.07 Å². The smallest absolute Gasteiger partial charge is 0.491 e. The summed E-state index contributed by atoms with van der Waals surface area (Å²) >= 11 is 0. The third-order valence-corrected chi connectivity index (χ3v) is 1.38. The zero-order valence-corrected chi connectivity index (χ0v) is 5.99. The van der Waals surface area contributed by atoms with E-state index in [1.807, 2.05) is 0 Å². The van der Waals surface area contributed by atoms with E-state index in [1.165, 1.54) is 6.07 Å². The van der Waals surface area contributed by atoms with Crippen molar-refractivity contribution in [2.24, 2.45) is 0 Å². The van der Waals surface area contributed by atoms with Crippen molar-refractivity contribution in [3.8, 4) is 5.75 Å². The first-order valence-corrected chi connectivity index (χ1v) is 3.15. The summed E-state index contributed by atoms with van der Waals surface area (Å²) in [5.41, 5.74) is -0.434. The average Bonchev–Trinajstić information content (AvgIpc) is 2.05. The van der Waals surface area contributed by atoms with Gasteiger partial charge in [-0.3, -0.25) is 0 Å². The molecule has 5 heteroatoms. The quantitative estimate of drug-likeness (QED) is 0.593. The van der Waals surface area contributed by atoms with Gasteiger partial charge < -0.3 is 14.8 Å². The van der Waals surface area contributed by atoms with Crippen molar-refractivity contribution in [1.29, 1.82) is 0 Å². The minimum Gasteiger partial charge on any atom is -0.494 e. The monoisotopic (exact) mass is 173 g/mol. The van der Waals surface area contributed by atoms with Gasteiger partial charge in [-0.15, -0.1) is 0 Å². The Hall–Kier alpha value is -1.07. The molecule has 0 unspecified atom stereocenters. The fourth-order valence-electron chi connectivity index (χ4n) is 0.806. The van der Waals surface area contributed by atoms with Crippen molar-refractivity contribution in [2.45, 2.75) is 0 Å². The zero-order chi connectivity index (χ0) is 11.6. The van der Waals surface area contributed by atoms with Crippen molar-refractivity contribution >= 4 is 12.6 Å². The van der Waals surface area contributed by atoms with Crippen molar-refractivity contribution < 1.29 is 23.3 Å². The lowest BCUT2D eigenvalue weighted by Gasteiger charge is -2.05. The molecular weight excluding hydrogens is 162 g/mol. The summed E-state index contributed by atoms with van der Waals surface area (Å²) in [6, 6.07) is 3.47. The Morgan fingerprint density at radius 3 is 2.92 bits per heavy atom. The van der Waals surface area contributed by atoms with Crippen LogP contribution in [0.15, 0.2) is 18.2 Å². The molecule has 12 heavy (non-hydrogen) atoms. The Bertz CT molecular complexity index is 356. The molecule has 1 aromatic carbocycles. The Balaban J connectivity index is 3.05. The summed E-state index contributed by atoms with van der Waals surface area (Å²) in [5, 5.41) is 17.5. The Morgan fingerprint density at radius 1 is 1.58 bits per heavy atom. The number of hydrogen-bond donors (Lipinski definition) is 2. The highest BCUT2D eigenvalue weighted by Crippen LogP contribution is 2.12. The molecule has 0 aliphatic heterocycles. The maximum absolute atomic E-state index is 13.4. The molecule has 0 amide bonds. The number of ether oxygens (including phenoxy) is 1. The fourth-order valence-corrected chi connectivity index (χ4v) is 0.806. The Morgan fingerprint density at radius 2 is 2.33 bits per heavy atom. The maximum Gasteiger partial charge on any atom is 0.491 e. The average molecular weight is 173 g/mol. The van der Waals surface area contributed by atoms with E-state index in [-0.39, 0.29) is 0 Å². The van der Waals surface area contributed by atoms with Crippen LogP contribution in [0.4, 0.5) is 4.39 Å². The molecule has 3 nitrogen and oxygen atoms in total. The van der Waals surface area contributed by atoms with Gasteiger partial charge in [0.05, 0.1) is 11.2 Å². The van der Waals surface area contributed by atoms with E-state index in [1.54, 1.807) is 0 Å². The second-order valence-electron chi connectivity index (χ2n) is 2.14. The zero-order valence-electron chi connectivity index (χ0n) is 8.99. The normalized spacial score (nSPS) is 14.4. The second-order valence-corrected chi connectivity index (χ2v) is 2.14. The number of hydrogen-bond acceptors (Lipinski definition) is 3. The molecule has 1 rings (SSSR count). The summed E-state index contributed by atoms with van der Waals surface area (Å²) in [4.78, 5) is 0. The molecule has 0 heterocycles. The first-order chi connectivity index (χ1) is 6.81. The number of rotatable bonds is 2. The highest BCUT2D eigenvalue weighted by molar-refractivity contribution is 6.58. The van der Waals surface area contributed by atoms with Gasteiger partial charge in [0.25, 0.3) is 0 Å². The predicted octanol–water partition coefficient (Wildman–Crippen LogP) is -0.486. The van der Waals surface area contributed by atoms with Crippen LogP contribution < -0.4 is 10.2 Å². The highest BCUT2D eigenvalue weighted by atomic mass is 19.1. The van der Waals surface area contributed by atoms with Gasteiger partial charge in [0.2, 0.25) is 0 Å². The van der Waals surface area contributed by atoms with Gasteiger partial charge in [0, 0.05) is 5.46 Å². The molecule has 64 valence electrons. The summed E-state index contributed by atoms with van der Waals surface area (Å²) in [6.07, 6.45) is 0. The molecule has 0 atom stereocenters. The van der Waals surface area contributed by atoms with Crippen LogP contribution in [0.1, 0.15) is 4.11 Å². The molecule has 0 aliphatic carbocycles. The fraction of sp³-hybridized carbons (Fsp3) is 0.143. The molecule has 0 bridgehead atoms. The molecule has 1 aromatic rings. The van der Waals surface area contributed by atoms with E-state index in [9.17, 15) is 4.39 Å². The van der Waals surface area contributed by atoms with Crippen molar-refractivity contribution in [1.82, 2.24) is 0 Å². The lowest BCUT2D eigenvalue weighted by molar-refractivity contribution is 0.384. The van der Waals surface area contributed by atoms with E-state index in [0.717, 1.165) is 12.1 Å².